The Morgan fingerprint density at radius 3 is 2.42 bits per heavy atom. The molecule has 0 saturated carbocycles. The first-order valence-corrected chi connectivity index (χ1v) is 6.71. The standard InChI is InChI=1S/C13H17BrN2O3/c1-7(2)8(3)15-13(19)16-9-4-5-11(14)10(6-9)12(17)18/h4-8H,1-3H3,(H,17,18)(H2,15,16,19). The molecule has 19 heavy (non-hydrogen) atoms. The molecule has 1 aromatic carbocycles. The van der Waals surface area contributed by atoms with E-state index < -0.39 is 5.97 Å². The molecular formula is C13H17BrN2O3. The van der Waals surface area contributed by atoms with Crippen LogP contribution in [-0.4, -0.2) is 23.1 Å². The lowest BCUT2D eigenvalue weighted by molar-refractivity contribution is 0.0696. The van der Waals surface area contributed by atoms with Gasteiger partial charge in [0.1, 0.15) is 0 Å². The number of hydrogen-bond donors (Lipinski definition) is 3. The minimum Gasteiger partial charge on any atom is -0.478 e. The van der Waals surface area contributed by atoms with Crippen molar-refractivity contribution in [3.63, 3.8) is 0 Å². The Labute approximate surface area is 120 Å². The summed E-state index contributed by atoms with van der Waals surface area (Å²) in [5.41, 5.74) is 0.545. The van der Waals surface area contributed by atoms with E-state index in [2.05, 4.69) is 26.6 Å². The summed E-state index contributed by atoms with van der Waals surface area (Å²) < 4.78 is 0.474. The van der Waals surface area contributed by atoms with Gasteiger partial charge in [0.25, 0.3) is 0 Å². The van der Waals surface area contributed by atoms with E-state index in [1.54, 1.807) is 12.1 Å². The van der Waals surface area contributed by atoms with Gasteiger partial charge in [0.2, 0.25) is 0 Å². The Hall–Kier alpha value is -1.56. The van der Waals surface area contributed by atoms with Crippen molar-refractivity contribution >= 4 is 33.6 Å². The predicted octanol–water partition coefficient (Wildman–Crippen LogP) is 3.31. The summed E-state index contributed by atoms with van der Waals surface area (Å²) in [5.74, 6) is -0.725. The van der Waals surface area contributed by atoms with Crippen LogP contribution in [0, 0.1) is 5.92 Å². The van der Waals surface area contributed by atoms with Crippen LogP contribution in [0.25, 0.3) is 0 Å². The lowest BCUT2D eigenvalue weighted by atomic mass is 10.1. The third-order valence-electron chi connectivity index (χ3n) is 2.81. The summed E-state index contributed by atoms with van der Waals surface area (Å²) in [6, 6.07) is 4.32. The van der Waals surface area contributed by atoms with Crippen LogP contribution in [0.15, 0.2) is 22.7 Å². The molecule has 1 unspecified atom stereocenters. The van der Waals surface area contributed by atoms with Crippen LogP contribution in [0.1, 0.15) is 31.1 Å². The summed E-state index contributed by atoms with van der Waals surface area (Å²) in [4.78, 5) is 22.7. The zero-order chi connectivity index (χ0) is 14.6. The summed E-state index contributed by atoms with van der Waals surface area (Å²) in [7, 11) is 0. The predicted molar refractivity (Wildman–Crippen MR) is 77.6 cm³/mol. The third-order valence-corrected chi connectivity index (χ3v) is 3.50. The number of urea groups is 1. The fourth-order valence-corrected chi connectivity index (χ4v) is 1.72. The molecule has 0 aromatic heterocycles. The summed E-state index contributed by atoms with van der Waals surface area (Å²) in [6.07, 6.45) is 0. The molecule has 1 rings (SSSR count). The molecule has 104 valence electrons. The van der Waals surface area contributed by atoms with Crippen molar-refractivity contribution in [3.8, 4) is 0 Å². The van der Waals surface area contributed by atoms with Crippen molar-refractivity contribution in [2.45, 2.75) is 26.8 Å². The first kappa shape index (κ1) is 15.5. The number of nitrogens with one attached hydrogen (secondary N) is 2. The number of carbonyl (C=O) groups excluding carboxylic acids is 1. The topological polar surface area (TPSA) is 78.4 Å². The Kier molecular flexibility index (Phi) is 5.35. The monoisotopic (exact) mass is 328 g/mol. The molecule has 0 fully saturated rings. The molecule has 2 amide bonds. The minimum absolute atomic E-state index is 0.0365. The van der Waals surface area contributed by atoms with Crippen molar-refractivity contribution in [3.05, 3.63) is 28.2 Å². The van der Waals surface area contributed by atoms with Gasteiger partial charge in [0.15, 0.2) is 0 Å². The maximum Gasteiger partial charge on any atom is 0.336 e. The van der Waals surface area contributed by atoms with Gasteiger partial charge in [-0.3, -0.25) is 0 Å². The molecule has 0 saturated heterocycles. The SMILES string of the molecule is CC(C)C(C)NC(=O)Nc1ccc(Br)c(C(=O)O)c1. The van der Waals surface area contributed by atoms with Crippen LogP contribution < -0.4 is 10.6 Å². The van der Waals surface area contributed by atoms with Crippen LogP contribution >= 0.6 is 15.9 Å². The van der Waals surface area contributed by atoms with Crippen molar-refractivity contribution in [2.75, 3.05) is 5.32 Å². The second kappa shape index (κ2) is 6.56. The molecule has 3 N–H and O–H groups in total. The summed E-state index contributed by atoms with van der Waals surface area (Å²) in [5, 5.41) is 14.4. The molecule has 0 heterocycles. The van der Waals surface area contributed by atoms with E-state index in [4.69, 9.17) is 5.11 Å². The first-order valence-electron chi connectivity index (χ1n) is 5.91. The largest absolute Gasteiger partial charge is 0.478 e. The molecule has 0 spiro atoms. The fourth-order valence-electron chi connectivity index (χ4n) is 1.31. The van der Waals surface area contributed by atoms with Crippen molar-refractivity contribution in [1.29, 1.82) is 0 Å². The molecule has 0 bridgehead atoms. The average molecular weight is 329 g/mol. The third kappa shape index (κ3) is 4.55. The quantitative estimate of drug-likeness (QED) is 0.793. The van der Waals surface area contributed by atoms with Gasteiger partial charge in [0.05, 0.1) is 5.56 Å². The smallest absolute Gasteiger partial charge is 0.336 e. The van der Waals surface area contributed by atoms with Gasteiger partial charge in [-0.25, -0.2) is 9.59 Å². The number of hydrogen-bond acceptors (Lipinski definition) is 2. The zero-order valence-electron chi connectivity index (χ0n) is 11.0. The number of benzene rings is 1. The molecule has 1 atom stereocenters. The normalized spacial score (nSPS) is 12.1. The molecule has 0 aliphatic heterocycles. The highest BCUT2D eigenvalue weighted by molar-refractivity contribution is 9.10. The number of carbonyl (C=O) groups is 2. The highest BCUT2D eigenvalue weighted by Gasteiger charge is 2.13. The van der Waals surface area contributed by atoms with E-state index in [1.807, 2.05) is 20.8 Å². The molecule has 0 radical (unpaired) electrons. The number of carboxylic acids is 1. The maximum absolute atomic E-state index is 11.7. The van der Waals surface area contributed by atoms with Crippen LogP contribution in [-0.2, 0) is 0 Å². The van der Waals surface area contributed by atoms with Gasteiger partial charge in [-0.1, -0.05) is 13.8 Å². The number of rotatable bonds is 4. The second-order valence-corrected chi connectivity index (χ2v) is 5.49. The van der Waals surface area contributed by atoms with Crippen molar-refractivity contribution in [2.24, 2.45) is 5.92 Å². The van der Waals surface area contributed by atoms with Crippen molar-refractivity contribution < 1.29 is 14.7 Å². The van der Waals surface area contributed by atoms with Gasteiger partial charge in [-0.05, 0) is 47.0 Å². The van der Waals surface area contributed by atoms with E-state index in [0.717, 1.165) is 0 Å². The Morgan fingerprint density at radius 1 is 1.26 bits per heavy atom. The summed E-state index contributed by atoms with van der Waals surface area (Å²) >= 11 is 3.15. The minimum atomic E-state index is -1.05. The Bertz CT molecular complexity index is 489. The lowest BCUT2D eigenvalue weighted by Gasteiger charge is -2.18. The fraction of sp³-hybridized carbons (Fsp3) is 0.385. The molecule has 6 heteroatoms. The molecule has 5 nitrogen and oxygen atoms in total. The van der Waals surface area contributed by atoms with Gasteiger partial charge >= 0.3 is 12.0 Å². The number of aromatic carboxylic acids is 1. The van der Waals surface area contributed by atoms with Crippen molar-refractivity contribution in [1.82, 2.24) is 5.32 Å². The lowest BCUT2D eigenvalue weighted by Crippen LogP contribution is -2.39. The first-order chi connectivity index (χ1) is 8.81. The Morgan fingerprint density at radius 2 is 1.89 bits per heavy atom. The highest BCUT2D eigenvalue weighted by atomic mass is 79.9. The second-order valence-electron chi connectivity index (χ2n) is 4.63. The van der Waals surface area contributed by atoms with Gasteiger partial charge in [0, 0.05) is 16.2 Å². The highest BCUT2D eigenvalue weighted by Crippen LogP contribution is 2.21. The molecular weight excluding hydrogens is 312 g/mol. The number of halogens is 1. The van der Waals surface area contributed by atoms with Crippen LogP contribution in [0.5, 0.6) is 0 Å². The van der Waals surface area contributed by atoms with E-state index >= 15 is 0 Å². The van der Waals surface area contributed by atoms with Crippen LogP contribution in [0.2, 0.25) is 0 Å². The van der Waals surface area contributed by atoms with E-state index in [1.165, 1.54) is 6.07 Å². The Balaban J connectivity index is 2.75. The number of carboxylic acid groups (broad SMARTS) is 1. The molecule has 0 aliphatic carbocycles. The summed E-state index contributed by atoms with van der Waals surface area (Å²) in [6.45, 7) is 5.93. The number of anilines is 1. The van der Waals surface area contributed by atoms with E-state index in [9.17, 15) is 9.59 Å². The maximum atomic E-state index is 11.7. The van der Waals surface area contributed by atoms with E-state index in [0.29, 0.717) is 16.1 Å². The van der Waals surface area contributed by atoms with Gasteiger partial charge in [-0.15, -0.1) is 0 Å². The van der Waals surface area contributed by atoms with Crippen LogP contribution in [0.3, 0.4) is 0 Å². The van der Waals surface area contributed by atoms with Gasteiger partial charge < -0.3 is 15.7 Å². The molecule has 0 aliphatic rings. The van der Waals surface area contributed by atoms with E-state index in [-0.39, 0.29) is 17.6 Å². The zero-order valence-corrected chi connectivity index (χ0v) is 12.6. The number of amides is 2. The van der Waals surface area contributed by atoms with Gasteiger partial charge in [-0.2, -0.15) is 0 Å². The van der Waals surface area contributed by atoms with Crippen LogP contribution in [0.4, 0.5) is 10.5 Å². The average Bonchev–Trinajstić information content (AvgIpc) is 2.30. The molecule has 1 aromatic rings.